The van der Waals surface area contributed by atoms with E-state index in [2.05, 4.69) is 10.3 Å². The Bertz CT molecular complexity index is 243. The Hall–Kier alpha value is -0.960. The highest BCUT2D eigenvalue weighted by Gasteiger charge is 2.01. The van der Waals surface area contributed by atoms with Crippen LogP contribution in [0.5, 0.6) is 0 Å². The van der Waals surface area contributed by atoms with E-state index < -0.39 is 0 Å². The molecule has 1 aromatic rings. The topological polar surface area (TPSA) is 24.9 Å². The standard InChI is InChI=1S/C7H6N2S/c1-2-8-5-7-6(1)9-3-4-10-7/h1-5,9H. The largest absolute Gasteiger partial charge is 0.360 e. The van der Waals surface area contributed by atoms with Crippen molar-refractivity contribution in [2.24, 2.45) is 0 Å². The van der Waals surface area contributed by atoms with E-state index in [9.17, 15) is 0 Å². The molecule has 1 N–H and O–H groups in total. The van der Waals surface area contributed by atoms with Gasteiger partial charge in [-0.2, -0.15) is 0 Å². The molecule has 1 aliphatic rings. The summed E-state index contributed by atoms with van der Waals surface area (Å²) in [7, 11) is 0. The summed E-state index contributed by atoms with van der Waals surface area (Å²) in [5.41, 5.74) is 1.14. The first kappa shape index (κ1) is 5.80. The Morgan fingerprint density at radius 3 is 3.40 bits per heavy atom. The van der Waals surface area contributed by atoms with Crippen molar-refractivity contribution < 1.29 is 0 Å². The lowest BCUT2D eigenvalue weighted by Crippen LogP contribution is -1.93. The van der Waals surface area contributed by atoms with E-state index in [-0.39, 0.29) is 0 Å². The third-order valence-corrected chi connectivity index (χ3v) is 2.14. The first-order valence-corrected chi connectivity index (χ1v) is 3.87. The number of rotatable bonds is 0. The van der Waals surface area contributed by atoms with Gasteiger partial charge in [0.15, 0.2) is 0 Å². The molecule has 2 heterocycles. The number of pyridine rings is 1. The highest BCUT2D eigenvalue weighted by molar-refractivity contribution is 8.02. The third kappa shape index (κ3) is 0.885. The molecule has 2 rings (SSSR count). The normalized spacial score (nSPS) is 14.0. The van der Waals surface area contributed by atoms with Gasteiger partial charge >= 0.3 is 0 Å². The summed E-state index contributed by atoms with van der Waals surface area (Å²) in [6.45, 7) is 0. The molecule has 1 aliphatic heterocycles. The molecule has 50 valence electrons. The minimum absolute atomic E-state index is 1.14. The van der Waals surface area contributed by atoms with E-state index >= 15 is 0 Å². The summed E-state index contributed by atoms with van der Waals surface area (Å²) in [6.07, 6.45) is 5.56. The van der Waals surface area contributed by atoms with E-state index in [1.54, 1.807) is 18.0 Å². The van der Waals surface area contributed by atoms with Gasteiger partial charge < -0.3 is 5.32 Å². The Morgan fingerprint density at radius 1 is 1.50 bits per heavy atom. The summed E-state index contributed by atoms with van der Waals surface area (Å²) in [5.74, 6) is 0. The van der Waals surface area contributed by atoms with Gasteiger partial charge in [0.2, 0.25) is 0 Å². The second-order valence-electron chi connectivity index (χ2n) is 1.94. The SMILES string of the molecule is C1=CSc2cnccc2N1. The van der Waals surface area contributed by atoms with Gasteiger partial charge in [0.1, 0.15) is 0 Å². The molecular weight excluding hydrogens is 144 g/mol. The molecule has 2 nitrogen and oxygen atoms in total. The fourth-order valence-corrected chi connectivity index (χ4v) is 1.48. The van der Waals surface area contributed by atoms with Gasteiger partial charge in [0.05, 0.1) is 10.6 Å². The van der Waals surface area contributed by atoms with Crippen LogP contribution >= 0.6 is 11.8 Å². The molecule has 0 saturated carbocycles. The molecule has 0 spiro atoms. The molecule has 1 aromatic heterocycles. The predicted octanol–water partition coefficient (Wildman–Crippen LogP) is 2.07. The molecule has 0 bridgehead atoms. The van der Waals surface area contributed by atoms with Gasteiger partial charge in [-0.15, -0.1) is 0 Å². The van der Waals surface area contributed by atoms with Gasteiger partial charge in [0, 0.05) is 18.6 Å². The van der Waals surface area contributed by atoms with Crippen molar-refractivity contribution in [3.63, 3.8) is 0 Å². The van der Waals surface area contributed by atoms with Crippen molar-refractivity contribution in [2.45, 2.75) is 4.90 Å². The average Bonchev–Trinajstić information content (AvgIpc) is 2.05. The van der Waals surface area contributed by atoms with Crippen LogP contribution in [0.25, 0.3) is 0 Å². The number of nitrogens with zero attached hydrogens (tertiary/aromatic N) is 1. The van der Waals surface area contributed by atoms with E-state index in [1.807, 2.05) is 23.9 Å². The van der Waals surface area contributed by atoms with Crippen LogP contribution in [0.3, 0.4) is 0 Å². The van der Waals surface area contributed by atoms with Crippen molar-refractivity contribution in [3.8, 4) is 0 Å². The molecule has 0 atom stereocenters. The molecule has 0 aliphatic carbocycles. The van der Waals surface area contributed by atoms with Crippen LogP contribution in [-0.2, 0) is 0 Å². The number of hydrogen-bond donors (Lipinski definition) is 1. The van der Waals surface area contributed by atoms with Crippen molar-refractivity contribution in [1.82, 2.24) is 4.98 Å². The molecule has 0 unspecified atom stereocenters. The summed E-state index contributed by atoms with van der Waals surface area (Å²) >= 11 is 1.68. The molecule has 10 heavy (non-hydrogen) atoms. The Balaban J connectivity index is 2.47. The Kier molecular flexibility index (Phi) is 1.36. The zero-order chi connectivity index (χ0) is 6.81. The van der Waals surface area contributed by atoms with Gasteiger partial charge in [-0.1, -0.05) is 11.8 Å². The van der Waals surface area contributed by atoms with Crippen molar-refractivity contribution in [2.75, 3.05) is 5.32 Å². The molecule has 3 heteroatoms. The smallest absolute Gasteiger partial charge is 0.0552 e. The maximum Gasteiger partial charge on any atom is 0.0552 e. The monoisotopic (exact) mass is 150 g/mol. The molecule has 0 amide bonds. The summed E-state index contributed by atoms with van der Waals surface area (Å²) in [6, 6.07) is 1.96. The minimum Gasteiger partial charge on any atom is -0.360 e. The fourth-order valence-electron chi connectivity index (χ4n) is 0.824. The van der Waals surface area contributed by atoms with Crippen LogP contribution < -0.4 is 5.32 Å². The Labute approximate surface area is 63.4 Å². The minimum atomic E-state index is 1.14. The lowest BCUT2D eigenvalue weighted by Gasteiger charge is -2.09. The van der Waals surface area contributed by atoms with Gasteiger partial charge in [-0.25, -0.2) is 0 Å². The number of anilines is 1. The van der Waals surface area contributed by atoms with Crippen molar-refractivity contribution >= 4 is 17.4 Å². The Morgan fingerprint density at radius 2 is 2.50 bits per heavy atom. The number of thioether (sulfide) groups is 1. The van der Waals surface area contributed by atoms with Crippen LogP contribution in [0.4, 0.5) is 5.69 Å². The molecule has 0 radical (unpaired) electrons. The molecule has 0 aromatic carbocycles. The number of aromatic nitrogens is 1. The molecule has 0 saturated heterocycles. The molecular formula is C7H6N2S. The van der Waals surface area contributed by atoms with Crippen LogP contribution in [0.1, 0.15) is 0 Å². The zero-order valence-corrected chi connectivity index (χ0v) is 6.06. The lowest BCUT2D eigenvalue weighted by molar-refractivity contribution is 1.23. The maximum absolute atomic E-state index is 4.00. The zero-order valence-electron chi connectivity index (χ0n) is 5.24. The lowest BCUT2D eigenvalue weighted by atomic mass is 10.4. The van der Waals surface area contributed by atoms with E-state index in [0.717, 1.165) is 5.69 Å². The summed E-state index contributed by atoms with van der Waals surface area (Å²) in [5, 5.41) is 5.13. The average molecular weight is 150 g/mol. The first-order valence-electron chi connectivity index (χ1n) is 2.99. The van der Waals surface area contributed by atoms with Gasteiger partial charge in [0.25, 0.3) is 0 Å². The number of nitrogens with one attached hydrogen (secondary N) is 1. The highest BCUT2D eigenvalue weighted by Crippen LogP contribution is 2.29. The highest BCUT2D eigenvalue weighted by atomic mass is 32.2. The van der Waals surface area contributed by atoms with Crippen LogP contribution in [0, 0.1) is 0 Å². The van der Waals surface area contributed by atoms with Crippen molar-refractivity contribution in [3.05, 3.63) is 30.1 Å². The third-order valence-electron chi connectivity index (χ3n) is 1.29. The number of fused-ring (bicyclic) bond motifs is 1. The first-order chi connectivity index (χ1) is 4.97. The summed E-state index contributed by atoms with van der Waals surface area (Å²) in [4.78, 5) is 5.19. The summed E-state index contributed by atoms with van der Waals surface area (Å²) < 4.78 is 0. The second-order valence-corrected chi connectivity index (χ2v) is 2.88. The van der Waals surface area contributed by atoms with E-state index in [0.29, 0.717) is 0 Å². The quantitative estimate of drug-likeness (QED) is 0.612. The van der Waals surface area contributed by atoms with E-state index in [1.165, 1.54) is 4.90 Å². The van der Waals surface area contributed by atoms with Crippen molar-refractivity contribution in [1.29, 1.82) is 0 Å². The maximum atomic E-state index is 4.00. The number of hydrogen-bond acceptors (Lipinski definition) is 3. The van der Waals surface area contributed by atoms with E-state index in [4.69, 9.17) is 0 Å². The second kappa shape index (κ2) is 2.34. The van der Waals surface area contributed by atoms with Crippen LogP contribution in [0.2, 0.25) is 0 Å². The fraction of sp³-hybridized carbons (Fsp3) is 0. The molecule has 0 fully saturated rings. The van der Waals surface area contributed by atoms with Gasteiger partial charge in [-0.3, -0.25) is 4.98 Å². The predicted molar refractivity (Wildman–Crippen MR) is 42.9 cm³/mol. The van der Waals surface area contributed by atoms with Crippen LogP contribution in [-0.4, -0.2) is 4.98 Å². The van der Waals surface area contributed by atoms with Crippen LogP contribution in [0.15, 0.2) is 35.0 Å². The van der Waals surface area contributed by atoms with Gasteiger partial charge in [-0.05, 0) is 11.5 Å².